The minimum atomic E-state index is 0.356. The zero-order valence-electron chi connectivity index (χ0n) is 12.2. The van der Waals surface area contributed by atoms with E-state index >= 15 is 0 Å². The van der Waals surface area contributed by atoms with E-state index in [0.717, 1.165) is 37.4 Å². The Morgan fingerprint density at radius 2 is 2.10 bits per heavy atom. The van der Waals surface area contributed by atoms with Crippen molar-refractivity contribution >= 4 is 0 Å². The van der Waals surface area contributed by atoms with E-state index in [9.17, 15) is 0 Å². The zero-order chi connectivity index (χ0) is 13.9. The summed E-state index contributed by atoms with van der Waals surface area (Å²) in [7, 11) is 3.51. The summed E-state index contributed by atoms with van der Waals surface area (Å²) in [6, 6.07) is 6.96. The van der Waals surface area contributed by atoms with E-state index < -0.39 is 0 Å². The van der Waals surface area contributed by atoms with Crippen LogP contribution in [-0.2, 0) is 4.74 Å². The quantitative estimate of drug-likeness (QED) is 0.918. The van der Waals surface area contributed by atoms with Gasteiger partial charge in [-0.1, -0.05) is 0 Å². The molecule has 110 valence electrons. The van der Waals surface area contributed by atoms with E-state index in [1.54, 1.807) is 7.11 Å². The molecule has 4 heteroatoms. The lowest BCUT2D eigenvalue weighted by atomic mass is 9.99. The van der Waals surface area contributed by atoms with E-state index in [-0.39, 0.29) is 0 Å². The average Bonchev–Trinajstić information content (AvgIpc) is 2.95. The van der Waals surface area contributed by atoms with Crippen LogP contribution in [0.25, 0.3) is 0 Å². The van der Waals surface area contributed by atoms with Crippen LogP contribution in [0.4, 0.5) is 0 Å². The van der Waals surface area contributed by atoms with Crippen LogP contribution in [0.3, 0.4) is 0 Å². The summed E-state index contributed by atoms with van der Waals surface area (Å²) >= 11 is 0. The van der Waals surface area contributed by atoms with Crippen molar-refractivity contribution in [2.75, 3.05) is 20.8 Å². The predicted octanol–water partition coefficient (Wildman–Crippen LogP) is 2.68. The Kier molecular flexibility index (Phi) is 4.13. The standard InChI is InChI=1S/C16H23NO3/c1-18-12-4-3-11(9-12)17-15-7-8-20-16-6-5-13(19-2)10-14(15)16/h5-6,10-12,15,17H,3-4,7-9H2,1-2H3. The molecule has 4 nitrogen and oxygen atoms in total. The van der Waals surface area contributed by atoms with Crippen LogP contribution in [0.2, 0.25) is 0 Å². The number of rotatable bonds is 4. The predicted molar refractivity (Wildman–Crippen MR) is 77.4 cm³/mol. The molecule has 3 unspecified atom stereocenters. The lowest BCUT2D eigenvalue weighted by Gasteiger charge is -2.29. The van der Waals surface area contributed by atoms with Gasteiger partial charge >= 0.3 is 0 Å². The summed E-state index contributed by atoms with van der Waals surface area (Å²) in [5, 5.41) is 3.77. The first-order valence-electron chi connectivity index (χ1n) is 7.39. The second-order valence-electron chi connectivity index (χ2n) is 5.63. The maximum absolute atomic E-state index is 5.74. The molecule has 0 amide bonds. The number of nitrogens with one attached hydrogen (secondary N) is 1. The molecule has 3 atom stereocenters. The van der Waals surface area contributed by atoms with Gasteiger partial charge in [0.1, 0.15) is 11.5 Å². The largest absolute Gasteiger partial charge is 0.497 e. The Labute approximate surface area is 120 Å². The summed E-state index contributed by atoms with van der Waals surface area (Å²) in [6.07, 6.45) is 4.87. The fourth-order valence-corrected chi connectivity index (χ4v) is 3.26. The van der Waals surface area contributed by atoms with Gasteiger partial charge in [-0.25, -0.2) is 0 Å². The van der Waals surface area contributed by atoms with Crippen molar-refractivity contribution < 1.29 is 14.2 Å². The monoisotopic (exact) mass is 277 g/mol. The van der Waals surface area contributed by atoms with Crippen LogP contribution in [0.1, 0.15) is 37.3 Å². The number of fused-ring (bicyclic) bond motifs is 1. The van der Waals surface area contributed by atoms with Crippen LogP contribution in [0.15, 0.2) is 18.2 Å². The highest BCUT2D eigenvalue weighted by Crippen LogP contribution is 2.36. The average molecular weight is 277 g/mol. The summed E-state index contributed by atoms with van der Waals surface area (Å²) < 4.78 is 16.5. The van der Waals surface area contributed by atoms with Gasteiger partial charge < -0.3 is 19.5 Å². The highest BCUT2D eigenvalue weighted by molar-refractivity contribution is 5.43. The highest BCUT2D eigenvalue weighted by atomic mass is 16.5. The molecule has 1 heterocycles. The van der Waals surface area contributed by atoms with Crippen molar-refractivity contribution in [1.29, 1.82) is 0 Å². The molecule has 1 aromatic rings. The summed E-state index contributed by atoms with van der Waals surface area (Å²) in [6.45, 7) is 0.775. The van der Waals surface area contributed by atoms with Gasteiger partial charge in [0.15, 0.2) is 0 Å². The second-order valence-corrected chi connectivity index (χ2v) is 5.63. The Hall–Kier alpha value is -1.26. The van der Waals surface area contributed by atoms with E-state index in [1.807, 2.05) is 19.2 Å². The molecular weight excluding hydrogens is 254 g/mol. The molecule has 1 aliphatic heterocycles. The van der Waals surface area contributed by atoms with Gasteiger partial charge in [-0.3, -0.25) is 0 Å². The van der Waals surface area contributed by atoms with Gasteiger partial charge in [-0.15, -0.1) is 0 Å². The normalized spacial score (nSPS) is 28.8. The van der Waals surface area contributed by atoms with Crippen molar-refractivity contribution in [1.82, 2.24) is 5.32 Å². The Morgan fingerprint density at radius 1 is 1.20 bits per heavy atom. The van der Waals surface area contributed by atoms with Gasteiger partial charge in [0.05, 0.1) is 19.8 Å². The number of ether oxygens (including phenoxy) is 3. The first-order chi connectivity index (χ1) is 9.80. The Bertz CT molecular complexity index is 463. The van der Waals surface area contributed by atoms with Crippen molar-refractivity contribution in [2.24, 2.45) is 0 Å². The zero-order valence-corrected chi connectivity index (χ0v) is 12.2. The molecule has 1 fully saturated rings. The Balaban J connectivity index is 1.72. The molecule has 1 N–H and O–H groups in total. The van der Waals surface area contributed by atoms with Crippen LogP contribution >= 0.6 is 0 Å². The molecule has 20 heavy (non-hydrogen) atoms. The molecule has 0 radical (unpaired) electrons. The number of methoxy groups -OCH3 is 2. The SMILES string of the molecule is COc1ccc2c(c1)C(NC1CCC(OC)C1)CCO2. The fraction of sp³-hybridized carbons (Fsp3) is 0.625. The third-order valence-corrected chi connectivity index (χ3v) is 4.41. The highest BCUT2D eigenvalue weighted by Gasteiger charge is 2.29. The lowest BCUT2D eigenvalue weighted by molar-refractivity contribution is 0.106. The van der Waals surface area contributed by atoms with E-state index in [1.165, 1.54) is 12.0 Å². The molecule has 0 spiro atoms. The van der Waals surface area contributed by atoms with Crippen LogP contribution in [-0.4, -0.2) is 33.0 Å². The van der Waals surface area contributed by atoms with E-state index in [4.69, 9.17) is 14.2 Å². The van der Waals surface area contributed by atoms with Crippen molar-refractivity contribution in [3.8, 4) is 11.5 Å². The van der Waals surface area contributed by atoms with Crippen molar-refractivity contribution in [3.05, 3.63) is 23.8 Å². The summed E-state index contributed by atoms with van der Waals surface area (Å²) in [5.74, 6) is 1.87. The third kappa shape index (κ3) is 2.76. The molecule has 1 aliphatic carbocycles. The van der Waals surface area contributed by atoms with Gasteiger partial charge in [-0.05, 0) is 37.5 Å². The second kappa shape index (κ2) is 6.02. The van der Waals surface area contributed by atoms with Crippen LogP contribution < -0.4 is 14.8 Å². The number of hydrogen-bond donors (Lipinski definition) is 1. The minimum Gasteiger partial charge on any atom is -0.497 e. The third-order valence-electron chi connectivity index (χ3n) is 4.41. The van der Waals surface area contributed by atoms with Crippen molar-refractivity contribution in [3.63, 3.8) is 0 Å². The van der Waals surface area contributed by atoms with Gasteiger partial charge in [0.25, 0.3) is 0 Å². The fourth-order valence-electron chi connectivity index (χ4n) is 3.26. The smallest absolute Gasteiger partial charge is 0.124 e. The van der Waals surface area contributed by atoms with Crippen LogP contribution in [0, 0.1) is 0 Å². The first kappa shape index (κ1) is 13.7. The minimum absolute atomic E-state index is 0.356. The summed E-state index contributed by atoms with van der Waals surface area (Å²) in [5.41, 5.74) is 1.22. The lowest BCUT2D eigenvalue weighted by Crippen LogP contribution is -2.34. The number of benzene rings is 1. The maximum Gasteiger partial charge on any atom is 0.124 e. The first-order valence-corrected chi connectivity index (χ1v) is 7.39. The Morgan fingerprint density at radius 3 is 2.85 bits per heavy atom. The van der Waals surface area contributed by atoms with Crippen molar-refractivity contribution in [2.45, 2.75) is 43.9 Å². The number of hydrogen-bond acceptors (Lipinski definition) is 4. The molecule has 0 aromatic heterocycles. The van der Waals surface area contributed by atoms with Gasteiger partial charge in [0.2, 0.25) is 0 Å². The van der Waals surface area contributed by atoms with E-state index in [2.05, 4.69) is 11.4 Å². The molecule has 1 aromatic carbocycles. The molecule has 2 aliphatic rings. The topological polar surface area (TPSA) is 39.7 Å². The van der Waals surface area contributed by atoms with Gasteiger partial charge in [0, 0.05) is 31.2 Å². The van der Waals surface area contributed by atoms with Crippen LogP contribution in [0.5, 0.6) is 11.5 Å². The molecule has 0 saturated heterocycles. The molecule has 3 rings (SSSR count). The molecular formula is C16H23NO3. The van der Waals surface area contributed by atoms with E-state index in [0.29, 0.717) is 18.2 Å². The molecule has 0 bridgehead atoms. The maximum atomic E-state index is 5.74. The van der Waals surface area contributed by atoms with Gasteiger partial charge in [-0.2, -0.15) is 0 Å². The summed E-state index contributed by atoms with van der Waals surface area (Å²) in [4.78, 5) is 0. The molecule has 1 saturated carbocycles.